The number of non-ortho nitro benzene ring substituents is 1. The maximum absolute atomic E-state index is 13.4. The number of nitrogens with zero attached hydrogens (tertiary/aromatic N) is 1. The Labute approximate surface area is 121 Å². The second-order valence-corrected chi connectivity index (χ2v) is 5.29. The molecule has 1 aromatic rings. The Kier molecular flexibility index (Phi) is 4.72. The van der Waals surface area contributed by atoms with Gasteiger partial charge in [-0.1, -0.05) is 19.3 Å². The van der Waals surface area contributed by atoms with E-state index in [1.54, 1.807) is 0 Å². The van der Waals surface area contributed by atoms with E-state index in [0.29, 0.717) is 12.8 Å². The summed E-state index contributed by atoms with van der Waals surface area (Å²) in [6.45, 7) is 0. The lowest BCUT2D eigenvalue weighted by molar-refractivity contribution is -0.385. The standard InChI is InChI=1S/C14H17FN2O4/c15-9-6-10(8-11(7-9)17(20)21)16-13-5-3-1-2-4-12(13)14(18)19/h6-8,12-13,16H,1-5H2,(H,18,19). The van der Waals surface area contributed by atoms with Crippen LogP contribution in [0.1, 0.15) is 32.1 Å². The molecule has 0 amide bonds. The summed E-state index contributed by atoms with van der Waals surface area (Å²) in [6.07, 6.45) is 3.91. The molecule has 0 radical (unpaired) electrons. The first-order valence-corrected chi connectivity index (χ1v) is 6.91. The Balaban J connectivity index is 2.22. The average Bonchev–Trinajstić information content (AvgIpc) is 2.63. The van der Waals surface area contributed by atoms with Crippen LogP contribution in [0.25, 0.3) is 0 Å². The van der Waals surface area contributed by atoms with Crippen molar-refractivity contribution in [3.63, 3.8) is 0 Å². The van der Waals surface area contributed by atoms with Crippen LogP contribution in [-0.4, -0.2) is 22.0 Å². The summed E-state index contributed by atoms with van der Waals surface area (Å²) >= 11 is 0. The monoisotopic (exact) mass is 296 g/mol. The molecule has 0 aliphatic heterocycles. The SMILES string of the molecule is O=C(O)C1CCCCCC1Nc1cc(F)cc([N+](=O)[O-])c1. The molecule has 2 atom stereocenters. The Morgan fingerprint density at radius 2 is 2.00 bits per heavy atom. The highest BCUT2D eigenvalue weighted by Gasteiger charge is 2.29. The molecule has 1 aliphatic rings. The number of benzene rings is 1. The minimum absolute atomic E-state index is 0.250. The third kappa shape index (κ3) is 3.90. The number of nitro groups is 1. The first-order chi connectivity index (χ1) is 9.97. The van der Waals surface area contributed by atoms with Gasteiger partial charge in [0.05, 0.1) is 16.9 Å². The fraction of sp³-hybridized carbons (Fsp3) is 0.500. The van der Waals surface area contributed by atoms with Crippen molar-refractivity contribution >= 4 is 17.3 Å². The van der Waals surface area contributed by atoms with Crippen molar-refractivity contribution in [2.45, 2.75) is 38.1 Å². The van der Waals surface area contributed by atoms with Gasteiger partial charge in [0.15, 0.2) is 0 Å². The molecule has 0 heterocycles. The van der Waals surface area contributed by atoms with Gasteiger partial charge >= 0.3 is 5.97 Å². The summed E-state index contributed by atoms with van der Waals surface area (Å²) in [6, 6.07) is 2.88. The number of carboxylic acids is 1. The maximum atomic E-state index is 13.4. The van der Waals surface area contributed by atoms with Gasteiger partial charge < -0.3 is 10.4 Å². The predicted molar refractivity (Wildman–Crippen MR) is 74.7 cm³/mol. The molecule has 114 valence electrons. The first-order valence-electron chi connectivity index (χ1n) is 6.91. The van der Waals surface area contributed by atoms with E-state index in [9.17, 15) is 24.4 Å². The molecule has 1 aromatic carbocycles. The molecule has 0 saturated heterocycles. The number of rotatable bonds is 4. The molecule has 2 unspecified atom stereocenters. The Bertz CT molecular complexity index is 550. The van der Waals surface area contributed by atoms with Gasteiger partial charge in [0.25, 0.3) is 5.69 Å². The summed E-state index contributed by atoms with van der Waals surface area (Å²) in [5.74, 6) is -2.16. The number of carbonyl (C=O) groups is 1. The second kappa shape index (κ2) is 6.51. The molecule has 6 nitrogen and oxygen atoms in total. The van der Waals surface area contributed by atoms with Gasteiger partial charge in [0, 0.05) is 17.8 Å². The van der Waals surface area contributed by atoms with Gasteiger partial charge in [-0.15, -0.1) is 0 Å². The molecule has 0 aromatic heterocycles. The molecule has 1 saturated carbocycles. The Morgan fingerprint density at radius 3 is 2.67 bits per heavy atom. The zero-order valence-corrected chi connectivity index (χ0v) is 11.4. The summed E-state index contributed by atoms with van der Waals surface area (Å²) in [5, 5.41) is 23.0. The number of nitro benzene ring substituents is 1. The summed E-state index contributed by atoms with van der Waals surface area (Å²) in [7, 11) is 0. The van der Waals surface area contributed by atoms with E-state index in [1.807, 2.05) is 0 Å². The van der Waals surface area contributed by atoms with Crippen LogP contribution in [-0.2, 0) is 4.79 Å². The summed E-state index contributed by atoms with van der Waals surface area (Å²) in [5.41, 5.74) is -0.0992. The third-order valence-corrected chi connectivity index (χ3v) is 3.78. The van der Waals surface area contributed by atoms with Crippen molar-refractivity contribution in [3.05, 3.63) is 34.1 Å². The van der Waals surface area contributed by atoms with Gasteiger partial charge in [-0.25, -0.2) is 4.39 Å². The van der Waals surface area contributed by atoms with Crippen molar-refractivity contribution in [1.82, 2.24) is 0 Å². The third-order valence-electron chi connectivity index (χ3n) is 3.78. The Hall–Kier alpha value is -2.18. The molecule has 7 heteroatoms. The van der Waals surface area contributed by atoms with E-state index in [1.165, 1.54) is 6.07 Å². The highest BCUT2D eigenvalue weighted by atomic mass is 19.1. The van der Waals surface area contributed by atoms with Crippen LogP contribution in [0.2, 0.25) is 0 Å². The highest BCUT2D eigenvalue weighted by Crippen LogP contribution is 2.28. The number of hydrogen-bond donors (Lipinski definition) is 2. The van der Waals surface area contributed by atoms with Crippen molar-refractivity contribution in [3.8, 4) is 0 Å². The van der Waals surface area contributed by atoms with E-state index in [2.05, 4.69) is 5.32 Å². The molecule has 1 fully saturated rings. The van der Waals surface area contributed by atoms with Gasteiger partial charge in [-0.2, -0.15) is 0 Å². The van der Waals surface area contributed by atoms with E-state index < -0.39 is 22.6 Å². The lowest BCUT2D eigenvalue weighted by Crippen LogP contribution is -2.33. The lowest BCUT2D eigenvalue weighted by atomic mass is 9.94. The average molecular weight is 296 g/mol. The summed E-state index contributed by atoms with van der Waals surface area (Å²) < 4.78 is 13.4. The number of halogens is 1. The first kappa shape index (κ1) is 15.2. The number of nitrogens with one attached hydrogen (secondary N) is 1. The molecular weight excluding hydrogens is 279 g/mol. The van der Waals surface area contributed by atoms with Crippen LogP contribution in [0.3, 0.4) is 0 Å². The quantitative estimate of drug-likeness (QED) is 0.505. The number of carboxylic acid groups (broad SMARTS) is 1. The van der Waals surface area contributed by atoms with Crippen molar-refractivity contribution in [2.75, 3.05) is 5.32 Å². The van der Waals surface area contributed by atoms with Crippen LogP contribution in [0.5, 0.6) is 0 Å². The zero-order valence-electron chi connectivity index (χ0n) is 11.4. The van der Waals surface area contributed by atoms with Gasteiger partial charge in [0.1, 0.15) is 5.82 Å². The summed E-state index contributed by atoms with van der Waals surface area (Å²) in [4.78, 5) is 21.4. The number of hydrogen-bond acceptors (Lipinski definition) is 4. The van der Waals surface area contributed by atoms with Gasteiger partial charge in [-0.3, -0.25) is 14.9 Å². The molecule has 2 N–H and O–H groups in total. The fourth-order valence-electron chi connectivity index (χ4n) is 2.75. The van der Waals surface area contributed by atoms with E-state index in [4.69, 9.17) is 0 Å². The predicted octanol–water partition coefficient (Wildman–Crippen LogP) is 3.18. The van der Waals surface area contributed by atoms with Crippen LogP contribution in [0.4, 0.5) is 15.8 Å². The molecular formula is C14H17FN2O4. The van der Waals surface area contributed by atoms with Crippen molar-refractivity contribution < 1.29 is 19.2 Å². The van der Waals surface area contributed by atoms with Crippen molar-refractivity contribution in [2.24, 2.45) is 5.92 Å². The molecule has 0 spiro atoms. The smallest absolute Gasteiger partial charge is 0.308 e. The normalized spacial score (nSPS) is 22.3. The molecule has 21 heavy (non-hydrogen) atoms. The van der Waals surface area contributed by atoms with Crippen LogP contribution in [0.15, 0.2) is 18.2 Å². The maximum Gasteiger partial charge on any atom is 0.308 e. The minimum atomic E-state index is -0.889. The number of aliphatic carboxylic acids is 1. The minimum Gasteiger partial charge on any atom is -0.481 e. The van der Waals surface area contributed by atoms with Crippen LogP contribution in [0, 0.1) is 21.8 Å². The molecule has 0 bridgehead atoms. The van der Waals surface area contributed by atoms with Crippen LogP contribution < -0.4 is 5.32 Å². The Morgan fingerprint density at radius 1 is 1.29 bits per heavy atom. The molecule has 1 aliphatic carbocycles. The van der Waals surface area contributed by atoms with E-state index >= 15 is 0 Å². The van der Waals surface area contributed by atoms with E-state index in [0.717, 1.165) is 31.4 Å². The number of anilines is 1. The highest BCUT2D eigenvalue weighted by molar-refractivity contribution is 5.72. The fourth-order valence-corrected chi connectivity index (χ4v) is 2.75. The van der Waals surface area contributed by atoms with Crippen LogP contribution >= 0.6 is 0 Å². The zero-order chi connectivity index (χ0) is 15.4. The lowest BCUT2D eigenvalue weighted by Gasteiger charge is -2.23. The second-order valence-electron chi connectivity index (χ2n) is 5.29. The topological polar surface area (TPSA) is 92.5 Å². The van der Waals surface area contributed by atoms with Gasteiger partial charge in [0.2, 0.25) is 0 Å². The molecule has 2 rings (SSSR count). The van der Waals surface area contributed by atoms with Crippen molar-refractivity contribution in [1.29, 1.82) is 0 Å². The largest absolute Gasteiger partial charge is 0.481 e. The van der Waals surface area contributed by atoms with E-state index in [-0.39, 0.29) is 17.4 Å². The van der Waals surface area contributed by atoms with Gasteiger partial charge in [-0.05, 0) is 18.9 Å².